The maximum Gasteiger partial charge on any atom is 0.272 e. The number of rotatable bonds is 2. The summed E-state index contributed by atoms with van der Waals surface area (Å²) in [4.78, 5) is 11.4. The molecule has 1 aromatic heterocycles. The Bertz CT molecular complexity index is 508. The Morgan fingerprint density at radius 1 is 1.19 bits per heavy atom. The van der Waals surface area contributed by atoms with E-state index < -0.39 is 0 Å². The van der Waals surface area contributed by atoms with E-state index in [2.05, 4.69) is 10.2 Å². The molecule has 5 heteroatoms. The number of hydrogen-bond acceptors (Lipinski definition) is 3. The van der Waals surface area contributed by atoms with Crippen molar-refractivity contribution in [3.05, 3.63) is 46.9 Å². The second kappa shape index (κ2) is 5.32. The zero-order valence-corrected chi connectivity index (χ0v) is 9.45. The summed E-state index contributed by atoms with van der Waals surface area (Å²) < 4.78 is 5.04. The predicted octanol–water partition coefficient (Wildman–Crippen LogP) is 1.87. The lowest BCUT2D eigenvalue weighted by Crippen LogP contribution is -2.09. The Labute approximate surface area is 98.7 Å². The van der Waals surface area contributed by atoms with Crippen molar-refractivity contribution in [1.82, 2.24) is 10.2 Å². The Morgan fingerprint density at radius 3 is 2.44 bits per heavy atom. The first-order valence-corrected chi connectivity index (χ1v) is 4.49. The van der Waals surface area contributed by atoms with Crippen molar-refractivity contribution >= 4 is 12.4 Å². The van der Waals surface area contributed by atoms with Crippen LogP contribution < -0.4 is 10.3 Å². The summed E-state index contributed by atoms with van der Waals surface area (Å²) in [6, 6.07) is 8.98. The normalized spacial score (nSPS) is 9.31. The van der Waals surface area contributed by atoms with Gasteiger partial charge in [0.05, 0.1) is 7.11 Å². The van der Waals surface area contributed by atoms with Crippen molar-refractivity contribution in [1.29, 1.82) is 0 Å². The van der Waals surface area contributed by atoms with Gasteiger partial charge in [-0.25, -0.2) is 5.10 Å². The fraction of sp³-hybridized carbons (Fsp3) is 0.0909. The van der Waals surface area contributed by atoms with Crippen LogP contribution in [-0.4, -0.2) is 17.3 Å². The SMILES string of the molecule is COc1ccc(-c2ccn[nH]c2=O)cc1.Cl. The molecule has 0 saturated heterocycles. The van der Waals surface area contributed by atoms with E-state index in [0.717, 1.165) is 11.3 Å². The van der Waals surface area contributed by atoms with Crippen molar-refractivity contribution in [3.63, 3.8) is 0 Å². The molecule has 2 aromatic rings. The molecule has 84 valence electrons. The molecule has 0 aliphatic carbocycles. The van der Waals surface area contributed by atoms with E-state index in [-0.39, 0.29) is 18.0 Å². The molecule has 2 rings (SSSR count). The van der Waals surface area contributed by atoms with E-state index in [9.17, 15) is 4.79 Å². The Kier molecular flexibility index (Phi) is 4.08. The molecule has 1 aromatic carbocycles. The molecule has 0 aliphatic rings. The van der Waals surface area contributed by atoms with Crippen molar-refractivity contribution in [2.45, 2.75) is 0 Å². The highest BCUT2D eigenvalue weighted by atomic mass is 35.5. The predicted molar refractivity (Wildman–Crippen MR) is 64.1 cm³/mol. The van der Waals surface area contributed by atoms with Crippen molar-refractivity contribution < 1.29 is 4.74 Å². The second-order valence-corrected chi connectivity index (χ2v) is 3.03. The largest absolute Gasteiger partial charge is 0.497 e. The summed E-state index contributed by atoms with van der Waals surface area (Å²) in [5.41, 5.74) is 1.26. The first-order chi connectivity index (χ1) is 7.31. The number of methoxy groups -OCH3 is 1. The average Bonchev–Trinajstić information content (AvgIpc) is 2.30. The van der Waals surface area contributed by atoms with Crippen LogP contribution in [0.25, 0.3) is 11.1 Å². The number of nitrogens with one attached hydrogen (secondary N) is 1. The number of nitrogens with zero attached hydrogens (tertiary/aromatic N) is 1. The van der Waals surface area contributed by atoms with Crippen LogP contribution in [0.4, 0.5) is 0 Å². The zero-order chi connectivity index (χ0) is 10.7. The highest BCUT2D eigenvalue weighted by Gasteiger charge is 2.01. The number of aromatic nitrogens is 2. The fourth-order valence-corrected chi connectivity index (χ4v) is 1.34. The van der Waals surface area contributed by atoms with Crippen LogP contribution in [0.15, 0.2) is 41.3 Å². The van der Waals surface area contributed by atoms with Gasteiger partial charge in [-0.1, -0.05) is 12.1 Å². The van der Waals surface area contributed by atoms with Crippen LogP contribution in [0.5, 0.6) is 5.75 Å². The topological polar surface area (TPSA) is 55.0 Å². The smallest absolute Gasteiger partial charge is 0.272 e. The number of aromatic amines is 1. The van der Waals surface area contributed by atoms with E-state index in [1.54, 1.807) is 19.4 Å². The van der Waals surface area contributed by atoms with Crippen molar-refractivity contribution in [2.24, 2.45) is 0 Å². The van der Waals surface area contributed by atoms with Gasteiger partial charge in [0.15, 0.2) is 0 Å². The van der Waals surface area contributed by atoms with E-state index in [1.807, 2.05) is 24.3 Å². The third-order valence-corrected chi connectivity index (χ3v) is 2.13. The molecular weight excluding hydrogens is 228 g/mol. The first-order valence-electron chi connectivity index (χ1n) is 4.49. The molecule has 0 aliphatic heterocycles. The first kappa shape index (κ1) is 12.3. The average molecular weight is 239 g/mol. The zero-order valence-electron chi connectivity index (χ0n) is 8.64. The molecule has 0 bridgehead atoms. The highest BCUT2D eigenvalue weighted by molar-refractivity contribution is 5.85. The number of H-pyrrole nitrogens is 1. The van der Waals surface area contributed by atoms with E-state index >= 15 is 0 Å². The van der Waals surface area contributed by atoms with Crippen LogP contribution in [0.1, 0.15) is 0 Å². The summed E-state index contributed by atoms with van der Waals surface area (Å²) in [6.45, 7) is 0. The van der Waals surface area contributed by atoms with Gasteiger partial charge in [-0.15, -0.1) is 12.4 Å². The summed E-state index contributed by atoms with van der Waals surface area (Å²) in [5, 5.41) is 6.03. The minimum atomic E-state index is -0.192. The molecule has 16 heavy (non-hydrogen) atoms. The highest BCUT2D eigenvalue weighted by Crippen LogP contribution is 2.18. The van der Waals surface area contributed by atoms with Gasteiger partial charge in [0.25, 0.3) is 5.56 Å². The minimum absolute atomic E-state index is 0. The van der Waals surface area contributed by atoms with Crippen molar-refractivity contribution in [2.75, 3.05) is 7.11 Å². The van der Waals surface area contributed by atoms with Gasteiger partial charge in [-0.2, -0.15) is 5.10 Å². The molecule has 0 fully saturated rings. The lowest BCUT2D eigenvalue weighted by molar-refractivity contribution is 0.415. The van der Waals surface area contributed by atoms with Crippen LogP contribution in [0.3, 0.4) is 0 Å². The molecule has 0 spiro atoms. The Morgan fingerprint density at radius 2 is 1.88 bits per heavy atom. The Hall–Kier alpha value is -1.81. The van der Waals surface area contributed by atoms with E-state index in [1.165, 1.54) is 0 Å². The number of ether oxygens (including phenoxy) is 1. The molecule has 0 unspecified atom stereocenters. The maximum absolute atomic E-state index is 11.4. The monoisotopic (exact) mass is 238 g/mol. The summed E-state index contributed by atoms with van der Waals surface area (Å²) in [6.07, 6.45) is 1.56. The number of hydrogen-bond donors (Lipinski definition) is 1. The van der Waals surface area contributed by atoms with E-state index in [0.29, 0.717) is 5.56 Å². The molecule has 0 amide bonds. The third-order valence-electron chi connectivity index (χ3n) is 2.13. The van der Waals surface area contributed by atoms with Gasteiger partial charge in [0, 0.05) is 11.8 Å². The standard InChI is InChI=1S/C11H10N2O2.ClH/c1-15-9-4-2-8(3-5-9)10-6-7-12-13-11(10)14;/h2-7H,1H3,(H,13,14);1H. The lowest BCUT2D eigenvalue weighted by atomic mass is 10.1. The van der Waals surface area contributed by atoms with Gasteiger partial charge in [0.2, 0.25) is 0 Å². The van der Waals surface area contributed by atoms with Gasteiger partial charge >= 0.3 is 0 Å². The lowest BCUT2D eigenvalue weighted by Gasteiger charge is -2.01. The second-order valence-electron chi connectivity index (χ2n) is 3.03. The summed E-state index contributed by atoms with van der Waals surface area (Å²) in [7, 11) is 1.61. The van der Waals surface area contributed by atoms with Gasteiger partial charge in [0.1, 0.15) is 5.75 Å². The molecular formula is C11H11ClN2O2. The maximum atomic E-state index is 11.4. The minimum Gasteiger partial charge on any atom is -0.497 e. The molecule has 0 radical (unpaired) electrons. The van der Waals surface area contributed by atoms with Crippen LogP contribution in [-0.2, 0) is 0 Å². The third kappa shape index (κ3) is 2.41. The van der Waals surface area contributed by atoms with E-state index in [4.69, 9.17) is 4.74 Å². The molecule has 1 heterocycles. The quantitative estimate of drug-likeness (QED) is 0.869. The molecule has 0 atom stereocenters. The van der Waals surface area contributed by atoms with Crippen LogP contribution >= 0.6 is 12.4 Å². The Balaban J connectivity index is 0.00000128. The summed E-state index contributed by atoms with van der Waals surface area (Å²) >= 11 is 0. The van der Waals surface area contributed by atoms with Gasteiger partial charge < -0.3 is 4.74 Å². The molecule has 1 N–H and O–H groups in total. The number of halogens is 1. The fourth-order valence-electron chi connectivity index (χ4n) is 1.34. The molecule has 4 nitrogen and oxygen atoms in total. The number of benzene rings is 1. The van der Waals surface area contributed by atoms with Crippen LogP contribution in [0, 0.1) is 0 Å². The summed E-state index contributed by atoms with van der Waals surface area (Å²) in [5.74, 6) is 0.768. The van der Waals surface area contributed by atoms with Crippen molar-refractivity contribution in [3.8, 4) is 16.9 Å². The molecule has 0 saturated carbocycles. The van der Waals surface area contributed by atoms with Gasteiger partial charge in [-0.3, -0.25) is 4.79 Å². The van der Waals surface area contributed by atoms with Crippen LogP contribution in [0.2, 0.25) is 0 Å². The van der Waals surface area contributed by atoms with Gasteiger partial charge in [-0.05, 0) is 23.8 Å².